The number of hydrogen-bond acceptors (Lipinski definition) is 3. The molecule has 0 radical (unpaired) electrons. The van der Waals surface area contributed by atoms with Crippen molar-refractivity contribution >= 4 is 0 Å². The highest BCUT2D eigenvalue weighted by molar-refractivity contribution is 5.26. The Morgan fingerprint density at radius 2 is 1.77 bits per heavy atom. The summed E-state index contributed by atoms with van der Waals surface area (Å²) in [5.41, 5.74) is -1.11. The fourth-order valence-corrected chi connectivity index (χ4v) is 9.89. The van der Waals surface area contributed by atoms with Gasteiger partial charge < -0.3 is 10.2 Å². The van der Waals surface area contributed by atoms with E-state index in [1.165, 1.54) is 0 Å². The Kier molecular flexibility index (Phi) is 5.47. The van der Waals surface area contributed by atoms with Crippen LogP contribution in [0.4, 0.5) is 0 Å². The number of aliphatic hydroxyl groups is 2. The molecule has 4 rings (SSSR count). The second kappa shape index (κ2) is 7.35. The molecule has 4 saturated carbocycles. The van der Waals surface area contributed by atoms with E-state index in [1.807, 2.05) is 6.08 Å². The highest BCUT2D eigenvalue weighted by Crippen LogP contribution is 2.75. The highest BCUT2D eigenvalue weighted by atomic mass is 16.3. The van der Waals surface area contributed by atoms with Gasteiger partial charge in [0.25, 0.3) is 0 Å². The second-order valence-electron chi connectivity index (χ2n) is 11.8. The smallest absolute Gasteiger partial charge is 0.0728 e. The number of aliphatic hydroxyl groups excluding tert-OH is 1. The predicted octanol–water partition coefficient (Wildman–Crippen LogP) is 5.86. The van der Waals surface area contributed by atoms with Gasteiger partial charge in [-0.1, -0.05) is 46.6 Å². The lowest BCUT2D eigenvalue weighted by molar-refractivity contribution is -0.223. The van der Waals surface area contributed by atoms with Gasteiger partial charge in [-0.3, -0.25) is 0 Å². The third-order valence-corrected chi connectivity index (χ3v) is 11.2. The van der Waals surface area contributed by atoms with Gasteiger partial charge in [0.15, 0.2) is 0 Å². The molecule has 0 aliphatic heterocycles. The maximum atomic E-state index is 11.7. The molecule has 4 fully saturated rings. The van der Waals surface area contributed by atoms with Crippen LogP contribution >= 0.6 is 0 Å². The first-order valence-corrected chi connectivity index (χ1v) is 12.6. The van der Waals surface area contributed by atoms with Crippen LogP contribution in [0.3, 0.4) is 0 Å². The first kappa shape index (κ1) is 22.3. The molecule has 2 N–H and O–H groups in total. The molecule has 30 heavy (non-hydrogen) atoms. The van der Waals surface area contributed by atoms with Crippen molar-refractivity contribution in [3.63, 3.8) is 0 Å². The van der Waals surface area contributed by atoms with E-state index < -0.39 is 5.60 Å². The molecule has 168 valence electrons. The van der Waals surface area contributed by atoms with Crippen molar-refractivity contribution in [2.24, 2.45) is 45.8 Å². The molecule has 3 heteroatoms. The summed E-state index contributed by atoms with van der Waals surface area (Å²) in [4.78, 5) is 0. The van der Waals surface area contributed by atoms with E-state index in [0.717, 1.165) is 57.8 Å². The van der Waals surface area contributed by atoms with Crippen molar-refractivity contribution < 1.29 is 10.2 Å². The van der Waals surface area contributed by atoms with Gasteiger partial charge in [-0.25, -0.2) is 0 Å². The zero-order valence-electron chi connectivity index (χ0n) is 19.7. The van der Waals surface area contributed by atoms with Gasteiger partial charge in [0.1, 0.15) is 0 Å². The summed E-state index contributed by atoms with van der Waals surface area (Å²) in [5, 5.41) is 32.6. The molecule has 4 aliphatic carbocycles. The minimum absolute atomic E-state index is 0.0262. The molecule has 0 saturated heterocycles. The van der Waals surface area contributed by atoms with E-state index >= 15 is 0 Å². The van der Waals surface area contributed by atoms with E-state index in [1.54, 1.807) is 0 Å². The van der Waals surface area contributed by atoms with Gasteiger partial charge in [0, 0.05) is 6.42 Å². The van der Waals surface area contributed by atoms with E-state index in [2.05, 4.69) is 40.3 Å². The Balaban J connectivity index is 1.79. The van der Waals surface area contributed by atoms with Gasteiger partial charge in [-0.05, 0) is 85.4 Å². The Bertz CT molecular complexity index is 729. The second-order valence-corrected chi connectivity index (χ2v) is 11.8. The minimum atomic E-state index is -0.725. The van der Waals surface area contributed by atoms with Gasteiger partial charge in [-0.2, -0.15) is 5.26 Å². The lowest BCUT2D eigenvalue weighted by Gasteiger charge is -2.64. The van der Waals surface area contributed by atoms with Crippen LogP contribution in [0, 0.1) is 57.2 Å². The molecule has 0 aromatic rings. The molecular weight excluding hydrogens is 370 g/mol. The molecule has 0 aromatic carbocycles. The van der Waals surface area contributed by atoms with Crippen LogP contribution in [-0.2, 0) is 0 Å². The Morgan fingerprint density at radius 3 is 2.37 bits per heavy atom. The summed E-state index contributed by atoms with van der Waals surface area (Å²) in [6.07, 6.45) is 11.0. The molecule has 5 unspecified atom stereocenters. The fraction of sp³-hybridized carbons (Fsp3) is 0.889. The largest absolute Gasteiger partial charge is 0.393 e. The Hall–Kier alpha value is -0.850. The topological polar surface area (TPSA) is 64.2 Å². The zero-order valence-corrected chi connectivity index (χ0v) is 19.7. The number of nitrogens with zero attached hydrogens (tertiary/aromatic N) is 1. The third kappa shape index (κ3) is 2.56. The number of rotatable bonds is 4. The normalized spacial score (nSPS) is 55.1. The van der Waals surface area contributed by atoms with Crippen molar-refractivity contribution in [1.82, 2.24) is 0 Å². The molecule has 0 amide bonds. The van der Waals surface area contributed by atoms with E-state index in [0.29, 0.717) is 36.0 Å². The monoisotopic (exact) mass is 413 g/mol. The standard InChI is InChI=1S/C27H43NO2/c1-6-12-26(17-28)21(8-3)19(7-2)23-20-10-15-27(30)16-18(29)9-13-24(27,4)22(20)11-14-25(23,26)5/h6,18-23,29-30H,1,7-16H2,2-5H3/t18?,19?,20-,21?,22-,23+,24-,25+,26?,27?/m1/s1. The summed E-state index contributed by atoms with van der Waals surface area (Å²) >= 11 is 0. The minimum Gasteiger partial charge on any atom is -0.393 e. The van der Waals surface area contributed by atoms with Crippen LogP contribution in [0.15, 0.2) is 12.7 Å². The van der Waals surface area contributed by atoms with Crippen molar-refractivity contribution in [2.75, 3.05) is 0 Å². The third-order valence-electron chi connectivity index (χ3n) is 11.2. The van der Waals surface area contributed by atoms with Gasteiger partial charge in [0.2, 0.25) is 0 Å². The van der Waals surface area contributed by atoms with Crippen LogP contribution in [0.2, 0.25) is 0 Å². The Morgan fingerprint density at radius 1 is 1.07 bits per heavy atom. The number of fused-ring (bicyclic) bond motifs is 5. The summed E-state index contributed by atoms with van der Waals surface area (Å²) in [7, 11) is 0. The lowest BCUT2D eigenvalue weighted by atomic mass is 9.41. The maximum Gasteiger partial charge on any atom is 0.0728 e. The summed E-state index contributed by atoms with van der Waals surface area (Å²) in [6.45, 7) is 13.4. The Labute approximate surface area is 183 Å². The first-order valence-electron chi connectivity index (χ1n) is 12.6. The summed E-state index contributed by atoms with van der Waals surface area (Å²) in [6, 6.07) is 2.90. The number of allylic oxidation sites excluding steroid dienone is 1. The predicted molar refractivity (Wildman–Crippen MR) is 120 cm³/mol. The van der Waals surface area contributed by atoms with Gasteiger partial charge in [0.05, 0.1) is 23.2 Å². The molecule has 0 aromatic heterocycles. The average Bonchev–Trinajstić information content (AvgIpc) is 2.93. The van der Waals surface area contributed by atoms with Crippen molar-refractivity contribution in [1.29, 1.82) is 5.26 Å². The summed E-state index contributed by atoms with van der Waals surface area (Å²) < 4.78 is 0. The zero-order chi connectivity index (χ0) is 21.9. The number of hydrogen-bond donors (Lipinski definition) is 2. The maximum absolute atomic E-state index is 11.7. The molecule has 4 aliphatic rings. The molecule has 0 heterocycles. The van der Waals surface area contributed by atoms with E-state index in [-0.39, 0.29) is 22.3 Å². The van der Waals surface area contributed by atoms with Crippen molar-refractivity contribution in [2.45, 2.75) is 104 Å². The van der Waals surface area contributed by atoms with E-state index in [9.17, 15) is 15.5 Å². The summed E-state index contributed by atoms with van der Waals surface area (Å²) in [5.74, 6) is 2.66. The molecular formula is C27H43NO2. The van der Waals surface area contributed by atoms with Gasteiger partial charge in [-0.15, -0.1) is 6.58 Å². The van der Waals surface area contributed by atoms with Crippen LogP contribution in [0.1, 0.15) is 91.9 Å². The van der Waals surface area contributed by atoms with Crippen molar-refractivity contribution in [3.05, 3.63) is 12.7 Å². The number of nitriles is 1. The van der Waals surface area contributed by atoms with Crippen LogP contribution in [0.25, 0.3) is 0 Å². The quantitative estimate of drug-likeness (QED) is 0.567. The average molecular weight is 414 g/mol. The SMILES string of the molecule is C=CCC1(C#N)C(CC)C(CC)[C@H]2[C@@H]3CCC4(O)CC(O)CC[C@]4(C)[C@@H]3CC[C@@]21C. The van der Waals surface area contributed by atoms with Crippen LogP contribution in [0.5, 0.6) is 0 Å². The molecule has 0 bridgehead atoms. The molecule has 3 nitrogen and oxygen atoms in total. The van der Waals surface area contributed by atoms with Crippen LogP contribution < -0.4 is 0 Å². The van der Waals surface area contributed by atoms with Gasteiger partial charge >= 0.3 is 0 Å². The molecule has 10 atom stereocenters. The molecule has 0 spiro atoms. The van der Waals surface area contributed by atoms with E-state index in [4.69, 9.17) is 0 Å². The highest BCUT2D eigenvalue weighted by Gasteiger charge is 2.71. The fourth-order valence-electron chi connectivity index (χ4n) is 9.89. The van der Waals surface area contributed by atoms with Crippen molar-refractivity contribution in [3.8, 4) is 6.07 Å². The van der Waals surface area contributed by atoms with Crippen LogP contribution in [-0.4, -0.2) is 21.9 Å². The lowest BCUT2D eigenvalue weighted by Crippen LogP contribution is -2.63. The first-order chi connectivity index (χ1) is 14.2.